The van der Waals surface area contributed by atoms with Crippen LogP contribution >= 0.6 is 15.9 Å². The van der Waals surface area contributed by atoms with E-state index in [1.54, 1.807) is 13.2 Å². The van der Waals surface area contributed by atoms with E-state index in [0.29, 0.717) is 11.4 Å². The molecule has 0 atom stereocenters. The molecule has 0 fully saturated rings. The van der Waals surface area contributed by atoms with E-state index in [1.807, 2.05) is 6.07 Å². The maximum Gasteiger partial charge on any atom is 0.151 e. The summed E-state index contributed by atoms with van der Waals surface area (Å²) in [5.74, 6) is 0.556. The molecule has 3 nitrogen and oxygen atoms in total. The van der Waals surface area contributed by atoms with E-state index in [0.717, 1.165) is 10.0 Å². The zero-order chi connectivity index (χ0) is 11.6. The third-order valence-corrected chi connectivity index (χ3v) is 2.60. The lowest BCUT2D eigenvalue weighted by Gasteiger charge is -2.22. The molecule has 0 aliphatic heterocycles. The van der Waals surface area contributed by atoms with Crippen molar-refractivity contribution in [3.63, 3.8) is 0 Å². The summed E-state index contributed by atoms with van der Waals surface area (Å²) in [4.78, 5) is 10.7. The minimum absolute atomic E-state index is 0.0887. The van der Waals surface area contributed by atoms with Gasteiger partial charge < -0.3 is 4.74 Å². The number of nitroso groups, excluding NO2 is 1. The third kappa shape index (κ3) is 2.56. The van der Waals surface area contributed by atoms with Crippen LogP contribution in [0, 0.1) is 4.91 Å². The van der Waals surface area contributed by atoms with Crippen LogP contribution < -0.4 is 4.74 Å². The van der Waals surface area contributed by atoms with Crippen LogP contribution in [0.25, 0.3) is 0 Å². The lowest BCUT2D eigenvalue weighted by molar-refractivity contribution is 0.399. The lowest BCUT2D eigenvalue weighted by Crippen LogP contribution is -2.12. The minimum atomic E-state index is -0.0887. The number of hydrogen-bond donors (Lipinski definition) is 0. The second-order valence-corrected chi connectivity index (χ2v) is 5.26. The third-order valence-electron chi connectivity index (χ3n) is 2.14. The highest BCUT2D eigenvalue weighted by Crippen LogP contribution is 2.40. The van der Waals surface area contributed by atoms with Gasteiger partial charge in [0.05, 0.1) is 7.11 Å². The van der Waals surface area contributed by atoms with Gasteiger partial charge in [-0.05, 0) is 22.7 Å². The number of methoxy groups -OCH3 is 1. The maximum atomic E-state index is 10.7. The van der Waals surface area contributed by atoms with E-state index < -0.39 is 0 Å². The van der Waals surface area contributed by atoms with Gasteiger partial charge in [0.15, 0.2) is 11.4 Å². The standard InChI is InChI=1S/C11H14BrNO2/c1-11(2,3)8-5-7(12)6-9(13-14)10(8)15-4/h5-6H,1-4H3. The maximum absolute atomic E-state index is 10.7. The molecule has 0 radical (unpaired) electrons. The molecule has 0 aliphatic carbocycles. The second-order valence-electron chi connectivity index (χ2n) is 4.35. The van der Waals surface area contributed by atoms with Crippen LogP contribution in [0.3, 0.4) is 0 Å². The highest BCUT2D eigenvalue weighted by atomic mass is 79.9. The lowest BCUT2D eigenvalue weighted by atomic mass is 9.86. The summed E-state index contributed by atoms with van der Waals surface area (Å²) in [6, 6.07) is 3.61. The fourth-order valence-corrected chi connectivity index (χ4v) is 1.86. The Labute approximate surface area is 97.9 Å². The van der Waals surface area contributed by atoms with E-state index in [1.165, 1.54) is 0 Å². The van der Waals surface area contributed by atoms with Gasteiger partial charge in [0, 0.05) is 10.0 Å². The van der Waals surface area contributed by atoms with E-state index in [4.69, 9.17) is 4.74 Å². The van der Waals surface area contributed by atoms with Crippen LogP contribution in [0.2, 0.25) is 0 Å². The topological polar surface area (TPSA) is 38.7 Å². The molecule has 15 heavy (non-hydrogen) atoms. The molecule has 82 valence electrons. The molecule has 0 saturated heterocycles. The van der Waals surface area contributed by atoms with Gasteiger partial charge in [-0.3, -0.25) is 0 Å². The van der Waals surface area contributed by atoms with Crippen molar-refractivity contribution in [2.45, 2.75) is 26.2 Å². The number of ether oxygens (including phenoxy) is 1. The molecule has 1 aromatic rings. The normalized spacial score (nSPS) is 11.3. The number of rotatable bonds is 2. The molecule has 0 aliphatic rings. The number of halogens is 1. The van der Waals surface area contributed by atoms with Gasteiger partial charge in [0.1, 0.15) is 0 Å². The average molecular weight is 272 g/mol. The monoisotopic (exact) mass is 271 g/mol. The Bertz CT molecular complexity index is 383. The average Bonchev–Trinajstić information content (AvgIpc) is 2.15. The van der Waals surface area contributed by atoms with Gasteiger partial charge in [-0.1, -0.05) is 36.7 Å². The Morgan fingerprint density at radius 1 is 1.33 bits per heavy atom. The molecule has 0 amide bonds. The van der Waals surface area contributed by atoms with Gasteiger partial charge in [0.25, 0.3) is 0 Å². The summed E-state index contributed by atoms with van der Waals surface area (Å²) >= 11 is 3.36. The molecule has 1 rings (SSSR count). The summed E-state index contributed by atoms with van der Waals surface area (Å²) in [5, 5.41) is 2.97. The first-order chi connectivity index (χ1) is 6.90. The van der Waals surface area contributed by atoms with Gasteiger partial charge in [-0.15, -0.1) is 4.91 Å². The van der Waals surface area contributed by atoms with Crippen molar-refractivity contribution in [3.05, 3.63) is 27.1 Å². The van der Waals surface area contributed by atoms with Crippen molar-refractivity contribution in [3.8, 4) is 5.75 Å². The van der Waals surface area contributed by atoms with Crippen LogP contribution in [-0.4, -0.2) is 7.11 Å². The minimum Gasteiger partial charge on any atom is -0.494 e. The molecule has 0 unspecified atom stereocenters. The van der Waals surface area contributed by atoms with Crippen LogP contribution in [0.5, 0.6) is 5.75 Å². The van der Waals surface area contributed by atoms with Crippen molar-refractivity contribution in [1.29, 1.82) is 0 Å². The summed E-state index contributed by atoms with van der Waals surface area (Å²) in [6.07, 6.45) is 0. The summed E-state index contributed by atoms with van der Waals surface area (Å²) in [5.41, 5.74) is 1.21. The van der Waals surface area contributed by atoms with Crippen molar-refractivity contribution < 1.29 is 4.74 Å². The zero-order valence-corrected chi connectivity index (χ0v) is 10.9. The summed E-state index contributed by atoms with van der Waals surface area (Å²) in [6.45, 7) is 6.18. The summed E-state index contributed by atoms with van der Waals surface area (Å²) in [7, 11) is 1.55. The fraction of sp³-hybridized carbons (Fsp3) is 0.455. The molecule has 0 heterocycles. The fourth-order valence-electron chi connectivity index (χ4n) is 1.42. The second kappa shape index (κ2) is 4.31. The van der Waals surface area contributed by atoms with E-state index in [2.05, 4.69) is 41.9 Å². The van der Waals surface area contributed by atoms with Crippen molar-refractivity contribution in [2.75, 3.05) is 7.11 Å². The van der Waals surface area contributed by atoms with Crippen LogP contribution in [0.15, 0.2) is 21.8 Å². The highest BCUT2D eigenvalue weighted by Gasteiger charge is 2.22. The van der Waals surface area contributed by atoms with E-state index in [9.17, 15) is 4.91 Å². The van der Waals surface area contributed by atoms with Gasteiger partial charge in [-0.2, -0.15) is 0 Å². The van der Waals surface area contributed by atoms with Gasteiger partial charge in [-0.25, -0.2) is 0 Å². The molecule has 0 aromatic heterocycles. The van der Waals surface area contributed by atoms with Crippen molar-refractivity contribution in [2.24, 2.45) is 5.18 Å². The Morgan fingerprint density at radius 2 is 1.93 bits per heavy atom. The van der Waals surface area contributed by atoms with Crippen LogP contribution in [0.1, 0.15) is 26.3 Å². The van der Waals surface area contributed by atoms with Crippen molar-refractivity contribution >= 4 is 21.6 Å². The smallest absolute Gasteiger partial charge is 0.151 e. The number of nitrogens with zero attached hydrogens (tertiary/aromatic N) is 1. The van der Waals surface area contributed by atoms with Crippen molar-refractivity contribution in [1.82, 2.24) is 0 Å². The zero-order valence-electron chi connectivity index (χ0n) is 9.30. The Kier molecular flexibility index (Phi) is 3.50. The largest absolute Gasteiger partial charge is 0.494 e. The Hall–Kier alpha value is -0.900. The van der Waals surface area contributed by atoms with E-state index >= 15 is 0 Å². The molecule has 0 spiro atoms. The first-order valence-corrected chi connectivity index (χ1v) is 5.41. The molecular formula is C11H14BrNO2. The molecular weight excluding hydrogens is 258 g/mol. The predicted molar refractivity (Wildman–Crippen MR) is 64.8 cm³/mol. The SMILES string of the molecule is COc1c(N=O)cc(Br)cc1C(C)(C)C. The molecule has 4 heteroatoms. The first-order valence-electron chi connectivity index (χ1n) is 4.61. The molecule has 0 bridgehead atoms. The van der Waals surface area contributed by atoms with Crippen LogP contribution in [0.4, 0.5) is 5.69 Å². The van der Waals surface area contributed by atoms with Gasteiger partial charge >= 0.3 is 0 Å². The Morgan fingerprint density at radius 3 is 2.33 bits per heavy atom. The Balaban J connectivity index is 3.49. The quantitative estimate of drug-likeness (QED) is 0.758. The number of hydrogen-bond acceptors (Lipinski definition) is 3. The van der Waals surface area contributed by atoms with Gasteiger partial charge in [0.2, 0.25) is 0 Å². The summed E-state index contributed by atoms with van der Waals surface area (Å²) < 4.78 is 6.07. The molecule has 0 saturated carbocycles. The number of benzene rings is 1. The predicted octanol–water partition coefficient (Wildman–Crippen LogP) is 4.15. The van der Waals surface area contributed by atoms with Crippen LogP contribution in [-0.2, 0) is 5.41 Å². The first kappa shape index (κ1) is 12.2. The molecule has 0 N–H and O–H groups in total. The molecule has 1 aromatic carbocycles. The van der Waals surface area contributed by atoms with E-state index in [-0.39, 0.29) is 5.41 Å². The highest BCUT2D eigenvalue weighted by molar-refractivity contribution is 9.10.